The summed E-state index contributed by atoms with van der Waals surface area (Å²) in [5, 5.41) is 25.0. The van der Waals surface area contributed by atoms with Crippen LogP contribution < -0.4 is 15.4 Å². The second kappa shape index (κ2) is 7.63. The highest BCUT2D eigenvalue weighted by molar-refractivity contribution is 6.30. The summed E-state index contributed by atoms with van der Waals surface area (Å²) >= 11 is 6.03. The number of methoxy groups -OCH3 is 1. The largest absolute Gasteiger partial charge is 0.504 e. The number of hydrogen-bond acceptors (Lipinski definition) is 8. The van der Waals surface area contributed by atoms with E-state index in [0.29, 0.717) is 40.8 Å². The number of fused-ring (bicyclic) bond motifs is 1. The number of aromatic nitrogens is 2. The van der Waals surface area contributed by atoms with Crippen molar-refractivity contribution >= 4 is 29.0 Å². The van der Waals surface area contributed by atoms with Gasteiger partial charge >= 0.3 is 0 Å². The zero-order valence-electron chi connectivity index (χ0n) is 16.6. The number of carbonyl (C=O) groups is 1. The van der Waals surface area contributed by atoms with E-state index in [9.17, 15) is 9.90 Å². The molecule has 158 valence electrons. The number of hydrogen-bond donors (Lipinski definition) is 3. The first kappa shape index (κ1) is 19.4. The lowest BCUT2D eigenvalue weighted by Crippen LogP contribution is -2.27. The van der Waals surface area contributed by atoms with Crippen LogP contribution in [0.15, 0.2) is 58.4 Å². The van der Waals surface area contributed by atoms with Gasteiger partial charge in [0, 0.05) is 22.7 Å². The van der Waals surface area contributed by atoms with E-state index >= 15 is 0 Å². The molecule has 2 aromatic carbocycles. The highest BCUT2D eigenvalue weighted by atomic mass is 35.5. The molecule has 2 aliphatic rings. The molecule has 1 aliphatic heterocycles. The summed E-state index contributed by atoms with van der Waals surface area (Å²) < 4.78 is 10.1. The second-order valence-electron chi connectivity index (χ2n) is 7.57. The van der Waals surface area contributed by atoms with Crippen molar-refractivity contribution in [3.63, 3.8) is 0 Å². The van der Waals surface area contributed by atoms with Crippen molar-refractivity contribution in [2.24, 2.45) is 0 Å². The molecule has 8 nitrogen and oxygen atoms in total. The topological polar surface area (TPSA) is 110 Å². The number of phenols is 1. The van der Waals surface area contributed by atoms with E-state index in [1.807, 2.05) is 24.3 Å². The van der Waals surface area contributed by atoms with Gasteiger partial charge in [-0.2, -0.15) is 0 Å². The monoisotopic (exact) mass is 438 g/mol. The number of nitrogens with one attached hydrogen (secondary N) is 2. The van der Waals surface area contributed by atoms with Gasteiger partial charge in [-0.25, -0.2) is 4.63 Å². The smallest absolute Gasteiger partial charge is 0.219 e. The van der Waals surface area contributed by atoms with E-state index in [1.165, 1.54) is 7.11 Å². The Kier molecular flexibility index (Phi) is 4.78. The SMILES string of the molecule is COc1cc([C@@H]2Nc3nonc3NC3=C2C(=O)C[C@@H](c2ccc(Cl)cc2)C3)ccc1O. The molecule has 31 heavy (non-hydrogen) atoms. The second-order valence-corrected chi connectivity index (χ2v) is 8.00. The van der Waals surface area contributed by atoms with Gasteiger partial charge in [0.25, 0.3) is 0 Å². The van der Waals surface area contributed by atoms with Gasteiger partial charge in [-0.05, 0) is 58.0 Å². The maximum atomic E-state index is 13.4. The van der Waals surface area contributed by atoms with Crippen molar-refractivity contribution in [2.75, 3.05) is 17.7 Å². The first-order valence-corrected chi connectivity index (χ1v) is 10.2. The third-order valence-corrected chi connectivity index (χ3v) is 5.97. The van der Waals surface area contributed by atoms with Gasteiger partial charge in [0.2, 0.25) is 11.6 Å². The lowest BCUT2D eigenvalue weighted by atomic mass is 9.78. The van der Waals surface area contributed by atoms with Crippen LogP contribution in [0.5, 0.6) is 11.5 Å². The number of anilines is 2. The first-order chi connectivity index (χ1) is 15.0. The number of ketones is 1. The van der Waals surface area contributed by atoms with Crippen molar-refractivity contribution in [1.29, 1.82) is 0 Å². The molecule has 3 N–H and O–H groups in total. The zero-order chi connectivity index (χ0) is 21.5. The van der Waals surface area contributed by atoms with Gasteiger partial charge in [0.1, 0.15) is 0 Å². The molecule has 9 heteroatoms. The number of aromatic hydroxyl groups is 1. The molecule has 1 aliphatic carbocycles. The third-order valence-electron chi connectivity index (χ3n) is 5.71. The number of benzene rings is 2. The minimum absolute atomic E-state index is 0.00688. The van der Waals surface area contributed by atoms with Crippen LogP contribution >= 0.6 is 11.6 Å². The maximum absolute atomic E-state index is 13.4. The molecule has 0 fully saturated rings. The number of halogens is 1. The number of phenolic OH excluding ortho intramolecular Hbond substituents is 1. The van der Waals surface area contributed by atoms with Crippen molar-refractivity contribution in [3.05, 3.63) is 69.9 Å². The molecule has 3 aromatic rings. The number of allylic oxidation sites excluding steroid dienone is 1. The molecule has 0 unspecified atom stereocenters. The van der Waals surface area contributed by atoms with Gasteiger partial charge in [0.15, 0.2) is 17.3 Å². The van der Waals surface area contributed by atoms with E-state index in [0.717, 1.165) is 16.8 Å². The quantitative estimate of drug-likeness (QED) is 0.551. The molecule has 2 atom stereocenters. The van der Waals surface area contributed by atoms with Crippen LogP contribution in [-0.2, 0) is 4.79 Å². The average molecular weight is 439 g/mol. The fraction of sp³-hybridized carbons (Fsp3) is 0.227. The molecule has 2 heterocycles. The predicted molar refractivity (Wildman–Crippen MR) is 114 cm³/mol. The highest BCUT2D eigenvalue weighted by Crippen LogP contribution is 2.44. The normalized spacial score (nSPS) is 20.3. The molecule has 5 rings (SSSR count). The summed E-state index contributed by atoms with van der Waals surface area (Å²) in [7, 11) is 1.48. The van der Waals surface area contributed by atoms with Crippen molar-refractivity contribution in [3.8, 4) is 11.5 Å². The van der Waals surface area contributed by atoms with E-state index in [-0.39, 0.29) is 17.5 Å². The van der Waals surface area contributed by atoms with Crippen LogP contribution in [0.1, 0.15) is 35.9 Å². The highest BCUT2D eigenvalue weighted by Gasteiger charge is 2.37. The van der Waals surface area contributed by atoms with E-state index in [1.54, 1.807) is 18.2 Å². The standard InChI is InChI=1S/C22H19ClN4O4/c1-30-18-10-12(4-7-16(18)28)20-19-15(24-21-22(25-20)27-31-26-21)8-13(9-17(19)29)11-2-5-14(23)6-3-11/h2-7,10,13,20,28H,8-9H2,1H3,(H,24,26)(H,25,27)/t13-,20-/m0/s1. The van der Waals surface area contributed by atoms with Gasteiger partial charge in [0.05, 0.1) is 13.2 Å². The third kappa shape index (κ3) is 3.48. The van der Waals surface area contributed by atoms with E-state index in [4.69, 9.17) is 21.0 Å². The van der Waals surface area contributed by atoms with Gasteiger partial charge < -0.3 is 20.5 Å². The number of carbonyl (C=O) groups excluding carboxylic acids is 1. The number of Topliss-reactive ketones (excluding diaryl/α,β-unsaturated/α-hetero) is 1. The Labute approximate surface area is 182 Å². The van der Waals surface area contributed by atoms with Crippen LogP contribution in [-0.4, -0.2) is 28.3 Å². The van der Waals surface area contributed by atoms with Crippen LogP contribution in [0, 0.1) is 0 Å². The summed E-state index contributed by atoms with van der Waals surface area (Å²) in [4.78, 5) is 13.4. The maximum Gasteiger partial charge on any atom is 0.219 e. The van der Waals surface area contributed by atoms with Crippen LogP contribution in [0.25, 0.3) is 0 Å². The fourth-order valence-corrected chi connectivity index (χ4v) is 4.32. The van der Waals surface area contributed by atoms with E-state index < -0.39 is 6.04 Å². The summed E-state index contributed by atoms with van der Waals surface area (Å²) in [6, 6.07) is 12.0. The summed E-state index contributed by atoms with van der Waals surface area (Å²) in [5.41, 5.74) is 3.16. The molecule has 1 aromatic heterocycles. The summed E-state index contributed by atoms with van der Waals surface area (Å²) in [6.07, 6.45) is 0.980. The molecular weight excluding hydrogens is 420 g/mol. The Morgan fingerprint density at radius 3 is 2.61 bits per heavy atom. The van der Waals surface area contributed by atoms with Crippen LogP contribution in [0.3, 0.4) is 0 Å². The summed E-state index contributed by atoms with van der Waals surface area (Å²) in [5.74, 6) is 1.19. The Morgan fingerprint density at radius 2 is 1.84 bits per heavy atom. The Balaban J connectivity index is 1.59. The van der Waals surface area contributed by atoms with Crippen LogP contribution in [0.4, 0.5) is 11.6 Å². The summed E-state index contributed by atoms with van der Waals surface area (Å²) in [6.45, 7) is 0. The van der Waals surface area contributed by atoms with Crippen LogP contribution in [0.2, 0.25) is 5.02 Å². The van der Waals surface area contributed by atoms with Gasteiger partial charge in [-0.1, -0.05) is 29.8 Å². The first-order valence-electron chi connectivity index (χ1n) is 9.78. The predicted octanol–water partition coefficient (Wildman–Crippen LogP) is 4.42. The molecular formula is C22H19ClN4O4. The zero-order valence-corrected chi connectivity index (χ0v) is 17.3. The molecule has 0 saturated carbocycles. The minimum Gasteiger partial charge on any atom is -0.504 e. The van der Waals surface area contributed by atoms with E-state index in [2.05, 4.69) is 20.9 Å². The molecule has 0 bridgehead atoms. The Hall–Kier alpha value is -3.52. The van der Waals surface area contributed by atoms with Crippen molar-refractivity contribution in [2.45, 2.75) is 24.8 Å². The molecule has 0 radical (unpaired) electrons. The molecule has 0 spiro atoms. The fourth-order valence-electron chi connectivity index (χ4n) is 4.20. The number of ether oxygens (including phenoxy) is 1. The lowest BCUT2D eigenvalue weighted by Gasteiger charge is -2.29. The van der Waals surface area contributed by atoms with Crippen molar-refractivity contribution < 1.29 is 19.3 Å². The number of nitrogens with zero attached hydrogens (tertiary/aromatic N) is 2. The Morgan fingerprint density at radius 1 is 1.10 bits per heavy atom. The van der Waals surface area contributed by atoms with Gasteiger partial charge in [-0.15, -0.1) is 0 Å². The van der Waals surface area contributed by atoms with Crippen molar-refractivity contribution in [1.82, 2.24) is 10.3 Å². The average Bonchev–Trinajstić information content (AvgIpc) is 3.13. The molecule has 0 saturated heterocycles. The molecule has 0 amide bonds. The minimum atomic E-state index is -0.510. The van der Waals surface area contributed by atoms with Gasteiger partial charge in [-0.3, -0.25) is 4.79 Å². The Bertz CT molecular complexity index is 1190. The lowest BCUT2D eigenvalue weighted by molar-refractivity contribution is -0.116. The number of rotatable bonds is 3.